The number of carbonyl (C=O) groups is 1. The molecule has 2 aromatic rings. The maximum absolute atomic E-state index is 12.2. The summed E-state index contributed by atoms with van der Waals surface area (Å²) in [4.78, 5) is 12.2. The smallest absolute Gasteiger partial charge is 0.242 e. The molecule has 0 saturated heterocycles. The van der Waals surface area contributed by atoms with Crippen LogP contribution >= 0.6 is 0 Å². The van der Waals surface area contributed by atoms with Crippen molar-refractivity contribution in [3.63, 3.8) is 0 Å². The molecule has 21 heavy (non-hydrogen) atoms. The minimum atomic E-state index is -0.305. The van der Waals surface area contributed by atoms with E-state index in [4.69, 9.17) is 0 Å². The summed E-state index contributed by atoms with van der Waals surface area (Å²) in [6, 6.07) is 17.8. The highest BCUT2D eigenvalue weighted by Crippen LogP contribution is 2.23. The summed E-state index contributed by atoms with van der Waals surface area (Å²) in [5, 5.41) is 6.08. The minimum absolute atomic E-state index is 0.00747. The predicted octanol–water partition coefficient (Wildman–Crippen LogP) is 3.33. The molecular formula is C18H22N2O. The molecular weight excluding hydrogens is 260 g/mol. The van der Waals surface area contributed by atoms with E-state index in [-0.39, 0.29) is 17.9 Å². The Morgan fingerprint density at radius 1 is 1.00 bits per heavy atom. The molecule has 0 aliphatic rings. The number of para-hydroxylation sites is 1. The van der Waals surface area contributed by atoms with Crippen molar-refractivity contribution in [3.8, 4) is 0 Å². The molecule has 0 unspecified atom stereocenters. The van der Waals surface area contributed by atoms with Gasteiger partial charge < -0.3 is 10.6 Å². The van der Waals surface area contributed by atoms with Gasteiger partial charge >= 0.3 is 0 Å². The summed E-state index contributed by atoms with van der Waals surface area (Å²) in [5.41, 5.74) is 3.32. The van der Waals surface area contributed by atoms with E-state index < -0.39 is 0 Å². The lowest BCUT2D eigenvalue weighted by Crippen LogP contribution is -2.41. The topological polar surface area (TPSA) is 41.1 Å². The third kappa shape index (κ3) is 3.85. The zero-order valence-corrected chi connectivity index (χ0v) is 12.8. The van der Waals surface area contributed by atoms with Gasteiger partial charge in [0.05, 0.1) is 0 Å². The number of aryl methyl sites for hydroxylation is 1. The van der Waals surface area contributed by atoms with E-state index in [0.29, 0.717) is 0 Å². The number of rotatable bonds is 5. The second-order valence-electron chi connectivity index (χ2n) is 5.30. The predicted molar refractivity (Wildman–Crippen MR) is 87.5 cm³/mol. The molecule has 3 heteroatoms. The van der Waals surface area contributed by atoms with E-state index in [1.165, 1.54) is 5.56 Å². The molecule has 1 amide bonds. The van der Waals surface area contributed by atoms with Gasteiger partial charge in [-0.3, -0.25) is 4.79 Å². The first kappa shape index (κ1) is 15.1. The summed E-state index contributed by atoms with van der Waals surface area (Å²) in [7, 11) is 1.67. The van der Waals surface area contributed by atoms with E-state index in [9.17, 15) is 4.79 Å². The second-order valence-corrected chi connectivity index (χ2v) is 5.30. The first-order valence-corrected chi connectivity index (χ1v) is 7.21. The Balaban J connectivity index is 2.23. The molecule has 0 aliphatic heterocycles. The maximum atomic E-state index is 12.2. The highest BCUT2D eigenvalue weighted by Gasteiger charge is 2.25. The zero-order chi connectivity index (χ0) is 15.2. The van der Waals surface area contributed by atoms with Gasteiger partial charge in [0.15, 0.2) is 0 Å². The largest absolute Gasteiger partial charge is 0.373 e. The van der Waals surface area contributed by atoms with Crippen molar-refractivity contribution < 1.29 is 4.79 Å². The third-order valence-electron chi connectivity index (χ3n) is 3.73. The molecule has 0 fully saturated rings. The number of nitrogens with one attached hydrogen (secondary N) is 2. The molecule has 0 saturated carbocycles. The van der Waals surface area contributed by atoms with Crippen LogP contribution in [0.2, 0.25) is 0 Å². The Kier molecular flexibility index (Phi) is 4.99. The molecule has 0 bridgehead atoms. The zero-order valence-electron chi connectivity index (χ0n) is 12.8. The van der Waals surface area contributed by atoms with Gasteiger partial charge in [0, 0.05) is 18.7 Å². The quantitative estimate of drug-likeness (QED) is 0.883. The molecule has 2 N–H and O–H groups in total. The number of likely N-dealkylation sites (N-methyl/N-ethyl adjacent to an activating group) is 1. The Morgan fingerprint density at radius 3 is 2.19 bits per heavy atom. The molecule has 0 aromatic heterocycles. The van der Waals surface area contributed by atoms with Crippen molar-refractivity contribution in [1.82, 2.24) is 5.32 Å². The van der Waals surface area contributed by atoms with Crippen molar-refractivity contribution in [2.24, 2.45) is 0 Å². The van der Waals surface area contributed by atoms with E-state index in [2.05, 4.69) is 48.7 Å². The van der Waals surface area contributed by atoms with Crippen LogP contribution in [0.15, 0.2) is 54.6 Å². The monoisotopic (exact) mass is 282 g/mol. The number of hydrogen-bond acceptors (Lipinski definition) is 2. The van der Waals surface area contributed by atoms with Gasteiger partial charge in [-0.2, -0.15) is 0 Å². The van der Waals surface area contributed by atoms with Gasteiger partial charge in [-0.25, -0.2) is 0 Å². The van der Waals surface area contributed by atoms with Crippen LogP contribution in [0.25, 0.3) is 0 Å². The van der Waals surface area contributed by atoms with Crippen LogP contribution in [0.3, 0.4) is 0 Å². The van der Waals surface area contributed by atoms with Crippen LogP contribution in [0.5, 0.6) is 0 Å². The van der Waals surface area contributed by atoms with Crippen molar-refractivity contribution in [3.05, 3.63) is 65.7 Å². The Hall–Kier alpha value is -2.29. The van der Waals surface area contributed by atoms with E-state index in [0.717, 1.165) is 11.3 Å². The van der Waals surface area contributed by atoms with E-state index in [1.807, 2.05) is 30.3 Å². The fourth-order valence-corrected chi connectivity index (χ4v) is 2.35. The van der Waals surface area contributed by atoms with Gasteiger partial charge in [-0.15, -0.1) is 0 Å². The van der Waals surface area contributed by atoms with Crippen LogP contribution in [0, 0.1) is 6.92 Å². The van der Waals surface area contributed by atoms with Crippen molar-refractivity contribution in [1.29, 1.82) is 0 Å². The average Bonchev–Trinajstić information content (AvgIpc) is 2.53. The fraction of sp³-hybridized carbons (Fsp3) is 0.278. The summed E-state index contributed by atoms with van der Waals surface area (Å²) in [6.07, 6.45) is 0. The molecule has 3 nitrogen and oxygen atoms in total. The summed E-state index contributed by atoms with van der Waals surface area (Å²) < 4.78 is 0. The van der Waals surface area contributed by atoms with Crippen LogP contribution in [-0.4, -0.2) is 19.0 Å². The summed E-state index contributed by atoms with van der Waals surface area (Å²) in [5.74, 6) is 0.0673. The van der Waals surface area contributed by atoms with Gasteiger partial charge in [0.2, 0.25) is 5.91 Å². The molecule has 0 heterocycles. The van der Waals surface area contributed by atoms with Gasteiger partial charge in [-0.1, -0.05) is 55.0 Å². The lowest BCUT2D eigenvalue weighted by molar-refractivity contribution is -0.121. The number of amides is 1. The summed E-state index contributed by atoms with van der Waals surface area (Å²) >= 11 is 0. The maximum Gasteiger partial charge on any atom is 0.242 e. The minimum Gasteiger partial charge on any atom is -0.373 e. The van der Waals surface area contributed by atoms with Crippen molar-refractivity contribution >= 4 is 11.6 Å². The van der Waals surface area contributed by atoms with E-state index >= 15 is 0 Å². The number of hydrogen-bond donors (Lipinski definition) is 2. The lowest BCUT2D eigenvalue weighted by atomic mass is 9.92. The Labute approximate surface area is 126 Å². The highest BCUT2D eigenvalue weighted by molar-refractivity contribution is 5.85. The van der Waals surface area contributed by atoms with Crippen molar-refractivity contribution in [2.45, 2.75) is 25.8 Å². The molecule has 0 aliphatic carbocycles. The van der Waals surface area contributed by atoms with Crippen LogP contribution < -0.4 is 10.6 Å². The van der Waals surface area contributed by atoms with Crippen LogP contribution in [0.4, 0.5) is 5.69 Å². The van der Waals surface area contributed by atoms with Gasteiger partial charge in [0.1, 0.15) is 6.04 Å². The molecule has 110 valence electrons. The van der Waals surface area contributed by atoms with Crippen LogP contribution in [0.1, 0.15) is 24.0 Å². The number of benzene rings is 2. The van der Waals surface area contributed by atoms with Crippen LogP contribution in [-0.2, 0) is 4.79 Å². The van der Waals surface area contributed by atoms with Gasteiger partial charge in [-0.05, 0) is 24.6 Å². The molecule has 0 spiro atoms. The third-order valence-corrected chi connectivity index (χ3v) is 3.73. The first-order valence-electron chi connectivity index (χ1n) is 7.21. The van der Waals surface area contributed by atoms with Crippen molar-refractivity contribution in [2.75, 3.05) is 12.4 Å². The average molecular weight is 282 g/mol. The normalized spacial score (nSPS) is 13.3. The van der Waals surface area contributed by atoms with Gasteiger partial charge in [0.25, 0.3) is 0 Å². The first-order chi connectivity index (χ1) is 10.1. The second kappa shape index (κ2) is 6.93. The van der Waals surface area contributed by atoms with E-state index in [1.54, 1.807) is 7.05 Å². The standard InChI is InChI=1S/C18H22N2O/c1-13-9-11-15(12-10-13)14(2)17(18(21)19-3)20-16-7-5-4-6-8-16/h4-12,14,17,20H,1-3H3,(H,19,21)/t14-,17-/m0/s1. The highest BCUT2D eigenvalue weighted by atomic mass is 16.2. The lowest BCUT2D eigenvalue weighted by Gasteiger charge is -2.25. The molecule has 2 rings (SSSR count). The Bertz CT molecular complexity index is 578. The molecule has 2 aromatic carbocycles. The number of carbonyl (C=O) groups excluding carboxylic acids is 1. The molecule has 0 radical (unpaired) electrons. The summed E-state index contributed by atoms with van der Waals surface area (Å²) in [6.45, 7) is 4.13. The molecule has 2 atom stereocenters. The fourth-order valence-electron chi connectivity index (χ4n) is 2.35. The number of anilines is 1. The SMILES string of the molecule is CNC(=O)[C@@H](Nc1ccccc1)[C@@H](C)c1ccc(C)cc1. The Morgan fingerprint density at radius 2 is 1.62 bits per heavy atom.